The van der Waals surface area contributed by atoms with E-state index in [4.69, 9.17) is 12.2 Å². The maximum absolute atomic E-state index is 12.8. The zero-order valence-electron chi connectivity index (χ0n) is 14.3. The lowest BCUT2D eigenvalue weighted by molar-refractivity contribution is 0.145. The van der Waals surface area contributed by atoms with E-state index in [1.54, 1.807) is 26.6 Å². The van der Waals surface area contributed by atoms with Gasteiger partial charge in [-0.05, 0) is 35.8 Å². The lowest BCUT2D eigenvalue weighted by atomic mass is 10.0. The predicted molar refractivity (Wildman–Crippen MR) is 102 cm³/mol. The van der Waals surface area contributed by atoms with Crippen LogP contribution in [0.4, 0.5) is 0 Å². The van der Waals surface area contributed by atoms with E-state index >= 15 is 0 Å². The van der Waals surface area contributed by atoms with Gasteiger partial charge in [-0.3, -0.25) is 4.90 Å². The fraction of sp³-hybridized carbons (Fsp3) is 0.500. The molecule has 0 saturated carbocycles. The maximum atomic E-state index is 12.8. The second-order valence-corrected chi connectivity index (χ2v) is 9.81. The van der Waals surface area contributed by atoms with Crippen LogP contribution in [0.3, 0.4) is 0 Å². The minimum Gasteiger partial charge on any atom is -0.282 e. The number of aromatic nitrogens is 2. The fourth-order valence-corrected chi connectivity index (χ4v) is 4.94. The Labute approximate surface area is 157 Å². The summed E-state index contributed by atoms with van der Waals surface area (Å²) in [4.78, 5) is 2.54. The zero-order chi connectivity index (χ0) is 18.0. The van der Waals surface area contributed by atoms with Gasteiger partial charge in [0, 0.05) is 26.2 Å². The number of hydrogen-bond donors (Lipinski definition) is 0. The second-order valence-electron chi connectivity index (χ2n) is 6.39. The topological polar surface area (TPSA) is 58.4 Å². The molecule has 25 heavy (non-hydrogen) atoms. The van der Waals surface area contributed by atoms with Crippen molar-refractivity contribution in [3.8, 4) is 0 Å². The number of benzene rings is 1. The molecule has 3 rings (SSSR count). The summed E-state index contributed by atoms with van der Waals surface area (Å²) in [6.45, 7) is 7.09. The van der Waals surface area contributed by atoms with E-state index in [-0.39, 0.29) is 0 Å². The zero-order valence-corrected chi connectivity index (χ0v) is 16.8. The molecule has 0 atom stereocenters. The molecule has 9 heteroatoms. The van der Waals surface area contributed by atoms with Crippen LogP contribution in [0.1, 0.15) is 25.3 Å². The lowest BCUT2D eigenvalue weighted by Gasteiger charge is -2.33. The molecule has 2 heterocycles. The minimum absolute atomic E-state index is 0.368. The summed E-state index contributed by atoms with van der Waals surface area (Å²) >= 11 is 6.65. The first kappa shape index (κ1) is 18.7. The minimum atomic E-state index is -3.43. The Morgan fingerprint density at radius 1 is 1.16 bits per heavy atom. The second kappa shape index (κ2) is 7.63. The predicted octanol–water partition coefficient (Wildman–Crippen LogP) is 2.76. The van der Waals surface area contributed by atoms with Gasteiger partial charge in [-0.2, -0.15) is 9.40 Å². The van der Waals surface area contributed by atoms with E-state index in [0.717, 1.165) is 9.52 Å². The SMILES string of the molecule is CC(C)c1ccc(S(=O)(=O)N2CCN(Cn3ncsc3=S)CC2)cc1. The highest BCUT2D eigenvalue weighted by molar-refractivity contribution is 7.89. The van der Waals surface area contributed by atoms with Crippen molar-refractivity contribution in [1.29, 1.82) is 0 Å². The highest BCUT2D eigenvalue weighted by Crippen LogP contribution is 2.21. The summed E-state index contributed by atoms with van der Waals surface area (Å²) in [6.07, 6.45) is 0. The fourth-order valence-electron chi connectivity index (χ4n) is 2.80. The normalized spacial score (nSPS) is 17.2. The van der Waals surface area contributed by atoms with Crippen LogP contribution in [0.2, 0.25) is 0 Å². The van der Waals surface area contributed by atoms with Gasteiger partial charge in [0.15, 0.2) is 3.95 Å². The maximum Gasteiger partial charge on any atom is 0.243 e. The van der Waals surface area contributed by atoms with Crippen LogP contribution in [0.5, 0.6) is 0 Å². The molecule has 1 aromatic heterocycles. The Hall–Kier alpha value is -1.13. The lowest BCUT2D eigenvalue weighted by Crippen LogP contribution is -2.48. The van der Waals surface area contributed by atoms with Crippen molar-refractivity contribution in [2.24, 2.45) is 0 Å². The number of piperazine rings is 1. The van der Waals surface area contributed by atoms with Gasteiger partial charge in [-0.25, -0.2) is 13.1 Å². The molecule has 0 spiro atoms. The average Bonchev–Trinajstić information content (AvgIpc) is 3.00. The van der Waals surface area contributed by atoms with Gasteiger partial charge in [-0.15, -0.1) is 0 Å². The van der Waals surface area contributed by atoms with Crippen LogP contribution in [0.25, 0.3) is 0 Å². The molecule has 1 aliphatic rings. The summed E-state index contributed by atoms with van der Waals surface area (Å²) in [7, 11) is -3.43. The summed E-state index contributed by atoms with van der Waals surface area (Å²) in [5.41, 5.74) is 2.87. The molecular formula is C16H22N4O2S3. The Kier molecular flexibility index (Phi) is 5.69. The van der Waals surface area contributed by atoms with E-state index in [0.29, 0.717) is 43.7 Å². The van der Waals surface area contributed by atoms with Gasteiger partial charge in [0.1, 0.15) is 5.51 Å². The molecule has 1 aromatic carbocycles. The summed E-state index contributed by atoms with van der Waals surface area (Å²) in [5.74, 6) is 0.387. The first-order valence-corrected chi connectivity index (χ1v) is 10.9. The highest BCUT2D eigenvalue weighted by atomic mass is 32.2. The van der Waals surface area contributed by atoms with Gasteiger partial charge >= 0.3 is 0 Å². The van der Waals surface area contributed by atoms with E-state index in [1.807, 2.05) is 12.1 Å². The number of hydrogen-bond acceptors (Lipinski definition) is 6. The largest absolute Gasteiger partial charge is 0.282 e. The van der Waals surface area contributed by atoms with Crippen LogP contribution in [-0.2, 0) is 16.7 Å². The Balaban J connectivity index is 1.65. The Bertz CT molecular complexity index is 863. The summed E-state index contributed by atoms with van der Waals surface area (Å²) < 4.78 is 29.7. The smallest absolute Gasteiger partial charge is 0.243 e. The van der Waals surface area contributed by atoms with Gasteiger partial charge in [-0.1, -0.05) is 37.3 Å². The van der Waals surface area contributed by atoms with Crippen LogP contribution in [0, 0.1) is 3.95 Å². The molecule has 0 aliphatic carbocycles. The standard InChI is InChI=1S/C16H22N4O2S3/c1-13(2)14-3-5-15(6-4-14)25(21,22)19-9-7-18(8-10-19)12-20-16(23)24-11-17-20/h3-6,11,13H,7-10,12H2,1-2H3. The van der Waals surface area contributed by atoms with E-state index in [1.165, 1.54) is 11.3 Å². The molecule has 1 fully saturated rings. The van der Waals surface area contributed by atoms with Crippen LogP contribution >= 0.6 is 23.6 Å². The van der Waals surface area contributed by atoms with E-state index in [2.05, 4.69) is 23.8 Å². The van der Waals surface area contributed by atoms with Crippen molar-refractivity contribution >= 4 is 33.6 Å². The first-order valence-electron chi connectivity index (χ1n) is 8.21. The monoisotopic (exact) mass is 398 g/mol. The summed E-state index contributed by atoms with van der Waals surface area (Å²) in [5, 5.41) is 4.21. The van der Waals surface area contributed by atoms with Crippen molar-refractivity contribution in [2.45, 2.75) is 31.3 Å². The molecule has 1 aliphatic heterocycles. The van der Waals surface area contributed by atoms with Crippen molar-refractivity contribution in [3.63, 3.8) is 0 Å². The first-order chi connectivity index (χ1) is 11.9. The van der Waals surface area contributed by atoms with E-state index < -0.39 is 10.0 Å². The quantitative estimate of drug-likeness (QED) is 0.725. The van der Waals surface area contributed by atoms with Crippen molar-refractivity contribution in [3.05, 3.63) is 39.3 Å². The molecule has 0 unspecified atom stereocenters. The molecule has 0 radical (unpaired) electrons. The number of rotatable bonds is 5. The molecular weight excluding hydrogens is 376 g/mol. The molecule has 0 bridgehead atoms. The molecule has 0 amide bonds. The summed E-state index contributed by atoms with van der Waals surface area (Å²) in [6, 6.07) is 7.23. The highest BCUT2D eigenvalue weighted by Gasteiger charge is 2.28. The van der Waals surface area contributed by atoms with Crippen molar-refractivity contribution in [1.82, 2.24) is 19.0 Å². The molecule has 6 nitrogen and oxygen atoms in total. The third-order valence-corrected chi connectivity index (χ3v) is 7.42. The van der Waals surface area contributed by atoms with Gasteiger partial charge in [0.25, 0.3) is 0 Å². The number of nitrogens with zero attached hydrogens (tertiary/aromatic N) is 4. The van der Waals surface area contributed by atoms with Crippen molar-refractivity contribution in [2.75, 3.05) is 26.2 Å². The molecule has 0 N–H and O–H groups in total. The molecule has 136 valence electrons. The van der Waals surface area contributed by atoms with Gasteiger partial charge < -0.3 is 0 Å². The molecule has 1 saturated heterocycles. The van der Waals surface area contributed by atoms with E-state index in [9.17, 15) is 8.42 Å². The molecule has 2 aromatic rings. The van der Waals surface area contributed by atoms with Crippen molar-refractivity contribution < 1.29 is 8.42 Å². The van der Waals surface area contributed by atoms with Crippen LogP contribution in [-0.4, -0.2) is 53.6 Å². The Morgan fingerprint density at radius 2 is 1.80 bits per heavy atom. The van der Waals surface area contributed by atoms with Crippen LogP contribution < -0.4 is 0 Å². The van der Waals surface area contributed by atoms with Gasteiger partial charge in [0.05, 0.1) is 11.6 Å². The van der Waals surface area contributed by atoms with Crippen LogP contribution in [0.15, 0.2) is 34.7 Å². The third kappa shape index (κ3) is 4.17. The Morgan fingerprint density at radius 3 is 2.32 bits per heavy atom. The van der Waals surface area contributed by atoms with Gasteiger partial charge in [0.2, 0.25) is 10.0 Å². The third-order valence-electron chi connectivity index (χ3n) is 4.40. The number of sulfonamides is 1. The average molecular weight is 399 g/mol.